The number of aromatic nitrogens is 2. The zero-order valence-corrected chi connectivity index (χ0v) is 13.3. The number of aryl methyl sites for hydroxylation is 1. The molecule has 0 aliphatic heterocycles. The molecule has 4 heteroatoms. The van der Waals surface area contributed by atoms with Crippen LogP contribution in [-0.4, -0.2) is 27.0 Å². The first-order chi connectivity index (χ1) is 9.90. The van der Waals surface area contributed by atoms with E-state index in [1.165, 1.54) is 0 Å². The average molecular weight is 287 g/mol. The summed E-state index contributed by atoms with van der Waals surface area (Å²) in [6, 6.07) is 10.1. The maximum atomic E-state index is 10.2. The molecule has 114 valence electrons. The van der Waals surface area contributed by atoms with Gasteiger partial charge in [-0.3, -0.25) is 0 Å². The highest BCUT2D eigenvalue weighted by atomic mass is 16.3. The van der Waals surface area contributed by atoms with Gasteiger partial charge in [0.1, 0.15) is 0 Å². The first-order valence-corrected chi connectivity index (χ1v) is 7.44. The van der Waals surface area contributed by atoms with Gasteiger partial charge in [-0.1, -0.05) is 32.0 Å². The van der Waals surface area contributed by atoms with Gasteiger partial charge in [-0.05, 0) is 31.9 Å². The van der Waals surface area contributed by atoms with Crippen LogP contribution in [0.2, 0.25) is 0 Å². The lowest BCUT2D eigenvalue weighted by atomic mass is 9.92. The Labute approximate surface area is 126 Å². The normalized spacial score (nSPS) is 14.4. The quantitative estimate of drug-likeness (QED) is 0.859. The third-order valence-corrected chi connectivity index (χ3v) is 4.06. The van der Waals surface area contributed by atoms with E-state index in [0.29, 0.717) is 13.1 Å². The molecule has 1 aromatic heterocycles. The number of para-hydroxylation sites is 1. The van der Waals surface area contributed by atoms with Crippen LogP contribution in [0.25, 0.3) is 5.69 Å². The van der Waals surface area contributed by atoms with Gasteiger partial charge in [-0.2, -0.15) is 5.10 Å². The number of nitrogens with zero attached hydrogens (tertiary/aromatic N) is 2. The summed E-state index contributed by atoms with van der Waals surface area (Å²) in [5.41, 5.74) is 2.53. The zero-order chi connectivity index (χ0) is 15.5. The molecule has 2 rings (SSSR count). The standard InChI is InChI=1S/C17H25N3O/c1-13(2)17(4,21)12-18-10-15-11-20(19-14(15)3)16-8-6-5-7-9-16/h5-9,11,13,18,21H,10,12H2,1-4H3. The monoisotopic (exact) mass is 287 g/mol. The van der Waals surface area contributed by atoms with Crippen LogP contribution in [0.15, 0.2) is 36.5 Å². The SMILES string of the molecule is Cc1nn(-c2ccccc2)cc1CNCC(C)(O)C(C)C. The van der Waals surface area contributed by atoms with Gasteiger partial charge in [-0.25, -0.2) is 4.68 Å². The second kappa shape index (κ2) is 6.41. The Hall–Kier alpha value is -1.65. The predicted octanol–water partition coefficient (Wildman–Crippen LogP) is 2.68. The molecule has 0 saturated carbocycles. The van der Waals surface area contributed by atoms with E-state index in [4.69, 9.17) is 0 Å². The number of nitrogens with one attached hydrogen (secondary N) is 1. The molecule has 2 aromatic rings. The van der Waals surface area contributed by atoms with E-state index in [0.717, 1.165) is 16.9 Å². The highest BCUT2D eigenvalue weighted by Crippen LogP contribution is 2.15. The van der Waals surface area contributed by atoms with Crippen molar-refractivity contribution in [3.63, 3.8) is 0 Å². The average Bonchev–Trinajstić information content (AvgIpc) is 2.81. The summed E-state index contributed by atoms with van der Waals surface area (Å²) in [4.78, 5) is 0. The molecular weight excluding hydrogens is 262 g/mol. The Morgan fingerprint density at radius 2 is 1.95 bits per heavy atom. The first kappa shape index (κ1) is 15.7. The van der Waals surface area contributed by atoms with Crippen molar-refractivity contribution in [1.82, 2.24) is 15.1 Å². The molecule has 4 nitrogen and oxygen atoms in total. The molecule has 1 aromatic carbocycles. The summed E-state index contributed by atoms with van der Waals surface area (Å²) in [5, 5.41) is 18.1. The van der Waals surface area contributed by atoms with Crippen molar-refractivity contribution in [3.8, 4) is 5.69 Å². The van der Waals surface area contributed by atoms with Crippen LogP contribution in [0.4, 0.5) is 0 Å². The fourth-order valence-electron chi connectivity index (χ4n) is 2.04. The van der Waals surface area contributed by atoms with Crippen LogP contribution >= 0.6 is 0 Å². The lowest BCUT2D eigenvalue weighted by Gasteiger charge is -2.27. The van der Waals surface area contributed by atoms with Gasteiger partial charge < -0.3 is 10.4 Å². The van der Waals surface area contributed by atoms with Crippen LogP contribution in [0.1, 0.15) is 32.0 Å². The third-order valence-electron chi connectivity index (χ3n) is 4.06. The summed E-state index contributed by atoms with van der Waals surface area (Å²) in [5.74, 6) is 0.220. The molecule has 1 atom stereocenters. The van der Waals surface area contributed by atoms with Gasteiger partial charge >= 0.3 is 0 Å². The number of rotatable bonds is 6. The Kier molecular flexibility index (Phi) is 4.80. The van der Waals surface area contributed by atoms with Gasteiger partial charge in [0.2, 0.25) is 0 Å². The molecular formula is C17H25N3O. The minimum atomic E-state index is -0.691. The molecule has 1 heterocycles. The van der Waals surface area contributed by atoms with Crippen molar-refractivity contribution in [2.75, 3.05) is 6.54 Å². The van der Waals surface area contributed by atoms with Crippen LogP contribution in [0.5, 0.6) is 0 Å². The summed E-state index contributed by atoms with van der Waals surface area (Å²) < 4.78 is 1.90. The van der Waals surface area contributed by atoms with Crippen molar-refractivity contribution in [2.24, 2.45) is 5.92 Å². The van der Waals surface area contributed by atoms with Crippen LogP contribution in [0, 0.1) is 12.8 Å². The Balaban J connectivity index is 2.01. The number of aliphatic hydroxyl groups is 1. The van der Waals surface area contributed by atoms with E-state index in [2.05, 4.69) is 10.4 Å². The van der Waals surface area contributed by atoms with Crippen molar-refractivity contribution in [2.45, 2.75) is 39.8 Å². The van der Waals surface area contributed by atoms with Crippen LogP contribution < -0.4 is 5.32 Å². The highest BCUT2D eigenvalue weighted by molar-refractivity contribution is 5.32. The minimum absolute atomic E-state index is 0.220. The molecule has 0 aliphatic carbocycles. The van der Waals surface area contributed by atoms with Gasteiger partial charge in [0, 0.05) is 24.8 Å². The van der Waals surface area contributed by atoms with E-state index in [1.54, 1.807) is 0 Å². The Morgan fingerprint density at radius 3 is 2.57 bits per heavy atom. The molecule has 0 fully saturated rings. The Morgan fingerprint density at radius 1 is 1.29 bits per heavy atom. The summed E-state index contributed by atoms with van der Waals surface area (Å²) >= 11 is 0. The molecule has 0 bridgehead atoms. The van der Waals surface area contributed by atoms with E-state index in [-0.39, 0.29) is 5.92 Å². The summed E-state index contributed by atoms with van der Waals surface area (Å²) in [6.45, 7) is 9.21. The maximum Gasteiger partial charge on any atom is 0.0766 e. The van der Waals surface area contributed by atoms with Crippen molar-refractivity contribution in [3.05, 3.63) is 47.8 Å². The second-order valence-corrected chi connectivity index (χ2v) is 6.14. The highest BCUT2D eigenvalue weighted by Gasteiger charge is 2.24. The van der Waals surface area contributed by atoms with Crippen LogP contribution in [-0.2, 0) is 6.54 Å². The lowest BCUT2D eigenvalue weighted by Crippen LogP contribution is -2.41. The first-order valence-electron chi connectivity index (χ1n) is 7.44. The van der Waals surface area contributed by atoms with E-state index >= 15 is 0 Å². The van der Waals surface area contributed by atoms with E-state index in [9.17, 15) is 5.11 Å². The number of hydrogen-bond acceptors (Lipinski definition) is 3. The van der Waals surface area contributed by atoms with Gasteiger partial charge in [0.15, 0.2) is 0 Å². The Bertz CT molecular complexity index is 573. The summed E-state index contributed by atoms with van der Waals surface area (Å²) in [7, 11) is 0. The molecule has 2 N–H and O–H groups in total. The molecule has 0 saturated heterocycles. The molecule has 0 radical (unpaired) electrons. The van der Waals surface area contributed by atoms with Gasteiger partial charge in [0.05, 0.1) is 17.0 Å². The minimum Gasteiger partial charge on any atom is -0.389 e. The van der Waals surface area contributed by atoms with Gasteiger partial charge in [0.25, 0.3) is 0 Å². The van der Waals surface area contributed by atoms with Crippen molar-refractivity contribution < 1.29 is 5.11 Å². The van der Waals surface area contributed by atoms with Crippen molar-refractivity contribution >= 4 is 0 Å². The smallest absolute Gasteiger partial charge is 0.0766 e. The molecule has 1 unspecified atom stereocenters. The van der Waals surface area contributed by atoms with Crippen LogP contribution in [0.3, 0.4) is 0 Å². The van der Waals surface area contributed by atoms with Gasteiger partial charge in [-0.15, -0.1) is 0 Å². The largest absolute Gasteiger partial charge is 0.389 e. The maximum absolute atomic E-state index is 10.2. The molecule has 0 aliphatic rings. The topological polar surface area (TPSA) is 50.1 Å². The second-order valence-electron chi connectivity index (χ2n) is 6.14. The molecule has 21 heavy (non-hydrogen) atoms. The lowest BCUT2D eigenvalue weighted by molar-refractivity contribution is 0.0140. The predicted molar refractivity (Wildman–Crippen MR) is 85.5 cm³/mol. The fourth-order valence-corrected chi connectivity index (χ4v) is 2.04. The zero-order valence-electron chi connectivity index (χ0n) is 13.3. The number of benzene rings is 1. The molecule has 0 amide bonds. The number of hydrogen-bond donors (Lipinski definition) is 2. The summed E-state index contributed by atoms with van der Waals surface area (Å²) in [6.07, 6.45) is 2.04. The molecule has 0 spiro atoms. The van der Waals surface area contributed by atoms with Crippen molar-refractivity contribution in [1.29, 1.82) is 0 Å². The van der Waals surface area contributed by atoms with E-state index < -0.39 is 5.60 Å². The van der Waals surface area contributed by atoms with E-state index in [1.807, 2.05) is 68.9 Å². The third kappa shape index (κ3) is 3.93. The fraction of sp³-hybridized carbons (Fsp3) is 0.471.